The van der Waals surface area contributed by atoms with Crippen LogP contribution in [-0.4, -0.2) is 31.5 Å². The van der Waals surface area contributed by atoms with Gasteiger partial charge >= 0.3 is 0 Å². The number of carbonyl (C=O) groups excluding carboxylic acids is 2. The average molecular weight is 340 g/mol. The molecule has 0 saturated carbocycles. The largest absolute Gasteiger partial charge is 0.484 e. The quantitative estimate of drug-likeness (QED) is 0.843. The van der Waals surface area contributed by atoms with Crippen molar-refractivity contribution in [3.63, 3.8) is 0 Å². The van der Waals surface area contributed by atoms with Crippen molar-refractivity contribution in [2.45, 2.75) is 20.8 Å². The Morgan fingerprint density at radius 2 is 1.76 bits per heavy atom. The molecule has 2 rings (SSSR count). The molecule has 1 N–H and O–H groups in total. The molecule has 2 amide bonds. The highest BCUT2D eigenvalue weighted by molar-refractivity contribution is 5.92. The van der Waals surface area contributed by atoms with Crippen molar-refractivity contribution in [3.05, 3.63) is 59.7 Å². The molecule has 0 aromatic heterocycles. The van der Waals surface area contributed by atoms with Crippen LogP contribution in [-0.2, 0) is 9.59 Å². The minimum absolute atomic E-state index is 0.0481. The molecule has 2 aromatic rings. The van der Waals surface area contributed by atoms with Crippen LogP contribution in [0.3, 0.4) is 0 Å². The van der Waals surface area contributed by atoms with E-state index in [1.807, 2.05) is 50.2 Å². The molecule has 0 spiro atoms. The van der Waals surface area contributed by atoms with E-state index in [1.54, 1.807) is 17.0 Å². The Morgan fingerprint density at radius 1 is 1.04 bits per heavy atom. The number of anilines is 1. The Hall–Kier alpha value is -2.82. The lowest BCUT2D eigenvalue weighted by Gasteiger charge is -2.24. The highest BCUT2D eigenvalue weighted by Crippen LogP contribution is 2.22. The van der Waals surface area contributed by atoms with Gasteiger partial charge < -0.3 is 15.0 Å². The Morgan fingerprint density at radius 3 is 2.44 bits per heavy atom. The van der Waals surface area contributed by atoms with Gasteiger partial charge in [0.25, 0.3) is 5.91 Å². The first-order valence-electron chi connectivity index (χ1n) is 8.28. The maximum atomic E-state index is 12.0. The molecule has 5 nitrogen and oxygen atoms in total. The van der Waals surface area contributed by atoms with Gasteiger partial charge in [-0.2, -0.15) is 0 Å². The Kier molecular flexibility index (Phi) is 6.57. The smallest absolute Gasteiger partial charge is 0.258 e. The monoisotopic (exact) mass is 340 g/mol. The molecule has 0 atom stereocenters. The van der Waals surface area contributed by atoms with E-state index in [2.05, 4.69) is 5.32 Å². The highest BCUT2D eigenvalue weighted by Gasteiger charge is 2.14. The third-order valence-corrected chi connectivity index (χ3v) is 4.02. The zero-order valence-electron chi connectivity index (χ0n) is 14.9. The third kappa shape index (κ3) is 5.35. The number of nitrogens with one attached hydrogen (secondary N) is 1. The average Bonchev–Trinajstić information content (AvgIpc) is 2.60. The van der Waals surface area contributed by atoms with Crippen LogP contribution in [0.1, 0.15) is 18.1 Å². The summed E-state index contributed by atoms with van der Waals surface area (Å²) in [6.07, 6.45) is 0. The van der Waals surface area contributed by atoms with Gasteiger partial charge in [0, 0.05) is 25.7 Å². The van der Waals surface area contributed by atoms with Gasteiger partial charge in [-0.25, -0.2) is 0 Å². The van der Waals surface area contributed by atoms with Crippen molar-refractivity contribution >= 4 is 17.5 Å². The van der Waals surface area contributed by atoms with Crippen LogP contribution in [0.5, 0.6) is 5.75 Å². The predicted molar refractivity (Wildman–Crippen MR) is 98.9 cm³/mol. The molecule has 0 fully saturated rings. The van der Waals surface area contributed by atoms with Crippen molar-refractivity contribution in [3.8, 4) is 5.75 Å². The molecule has 0 unspecified atom stereocenters. The van der Waals surface area contributed by atoms with E-state index in [0.717, 1.165) is 16.8 Å². The first kappa shape index (κ1) is 18.5. The number of benzene rings is 2. The van der Waals surface area contributed by atoms with Crippen molar-refractivity contribution in [2.75, 3.05) is 24.6 Å². The second-order valence-electron chi connectivity index (χ2n) is 5.84. The van der Waals surface area contributed by atoms with E-state index < -0.39 is 0 Å². The lowest BCUT2D eigenvalue weighted by atomic mass is 10.1. The van der Waals surface area contributed by atoms with Gasteiger partial charge in [0.05, 0.1) is 0 Å². The third-order valence-electron chi connectivity index (χ3n) is 4.02. The summed E-state index contributed by atoms with van der Waals surface area (Å²) in [5.41, 5.74) is 3.07. The fourth-order valence-electron chi connectivity index (χ4n) is 2.50. The molecule has 25 heavy (non-hydrogen) atoms. The minimum atomic E-state index is -0.215. The van der Waals surface area contributed by atoms with E-state index in [9.17, 15) is 9.59 Å². The van der Waals surface area contributed by atoms with E-state index in [1.165, 1.54) is 6.92 Å². The molecular weight excluding hydrogens is 316 g/mol. The summed E-state index contributed by atoms with van der Waals surface area (Å²) in [5, 5.41) is 2.78. The van der Waals surface area contributed by atoms with Crippen LogP contribution in [0.25, 0.3) is 0 Å². The van der Waals surface area contributed by atoms with Crippen molar-refractivity contribution in [2.24, 2.45) is 0 Å². The normalized spacial score (nSPS) is 10.2. The summed E-state index contributed by atoms with van der Waals surface area (Å²) in [7, 11) is 0. The van der Waals surface area contributed by atoms with Crippen molar-refractivity contribution in [1.29, 1.82) is 0 Å². The van der Waals surface area contributed by atoms with E-state index in [4.69, 9.17) is 4.74 Å². The molecular formula is C20H24N2O3. The topological polar surface area (TPSA) is 58.6 Å². The zero-order valence-corrected chi connectivity index (χ0v) is 14.9. The van der Waals surface area contributed by atoms with Gasteiger partial charge in [0.15, 0.2) is 6.61 Å². The van der Waals surface area contributed by atoms with Gasteiger partial charge in [0.1, 0.15) is 5.75 Å². The fourth-order valence-corrected chi connectivity index (χ4v) is 2.50. The second kappa shape index (κ2) is 8.87. The Labute approximate surface area is 148 Å². The summed E-state index contributed by atoms with van der Waals surface area (Å²) >= 11 is 0. The molecule has 132 valence electrons. The molecule has 0 heterocycles. The number of aryl methyl sites for hydroxylation is 1. The van der Waals surface area contributed by atoms with Crippen LogP contribution >= 0.6 is 0 Å². The van der Waals surface area contributed by atoms with Gasteiger partial charge in [-0.3, -0.25) is 9.59 Å². The summed E-state index contributed by atoms with van der Waals surface area (Å²) in [6, 6.07) is 15.0. The SMILES string of the molecule is CC(=O)N(CCNC(=O)COc1ccccc1)c1cccc(C)c1C. The zero-order chi connectivity index (χ0) is 18.2. The number of hydrogen-bond donors (Lipinski definition) is 1. The lowest BCUT2D eigenvalue weighted by Crippen LogP contribution is -2.39. The lowest BCUT2D eigenvalue weighted by molar-refractivity contribution is -0.123. The number of para-hydroxylation sites is 1. The Balaban J connectivity index is 1.86. The van der Waals surface area contributed by atoms with Gasteiger partial charge in [-0.05, 0) is 43.2 Å². The molecule has 0 saturated heterocycles. The van der Waals surface area contributed by atoms with Gasteiger partial charge in [-0.15, -0.1) is 0 Å². The fraction of sp³-hybridized carbons (Fsp3) is 0.300. The van der Waals surface area contributed by atoms with Crippen LogP contribution < -0.4 is 15.0 Å². The van der Waals surface area contributed by atoms with Crippen LogP contribution in [0, 0.1) is 13.8 Å². The van der Waals surface area contributed by atoms with E-state index in [0.29, 0.717) is 18.8 Å². The number of hydrogen-bond acceptors (Lipinski definition) is 3. The molecule has 0 radical (unpaired) electrons. The maximum Gasteiger partial charge on any atom is 0.258 e. The molecule has 0 aliphatic heterocycles. The molecule has 5 heteroatoms. The Bertz CT molecular complexity index is 729. The van der Waals surface area contributed by atoms with Gasteiger partial charge in [-0.1, -0.05) is 30.3 Å². The molecule has 0 aliphatic rings. The number of rotatable bonds is 7. The summed E-state index contributed by atoms with van der Waals surface area (Å²) in [4.78, 5) is 25.5. The summed E-state index contributed by atoms with van der Waals surface area (Å²) in [6.45, 7) is 6.27. The van der Waals surface area contributed by atoms with Crippen molar-refractivity contribution < 1.29 is 14.3 Å². The predicted octanol–water partition coefficient (Wildman–Crippen LogP) is 2.85. The second-order valence-corrected chi connectivity index (χ2v) is 5.84. The maximum absolute atomic E-state index is 12.0. The molecule has 0 aliphatic carbocycles. The van der Waals surface area contributed by atoms with E-state index >= 15 is 0 Å². The van der Waals surface area contributed by atoms with Gasteiger partial charge in [0.2, 0.25) is 5.91 Å². The number of carbonyl (C=O) groups is 2. The number of ether oxygens (including phenoxy) is 1. The van der Waals surface area contributed by atoms with Crippen molar-refractivity contribution in [1.82, 2.24) is 5.32 Å². The highest BCUT2D eigenvalue weighted by atomic mass is 16.5. The minimum Gasteiger partial charge on any atom is -0.484 e. The van der Waals surface area contributed by atoms with Crippen LogP contribution in [0.2, 0.25) is 0 Å². The first-order chi connectivity index (χ1) is 12.0. The first-order valence-corrected chi connectivity index (χ1v) is 8.28. The number of nitrogens with zero attached hydrogens (tertiary/aromatic N) is 1. The summed E-state index contributed by atoms with van der Waals surface area (Å²) in [5.74, 6) is 0.384. The van der Waals surface area contributed by atoms with Crippen LogP contribution in [0.4, 0.5) is 5.69 Å². The standard InChI is InChI=1S/C20H24N2O3/c1-15-8-7-11-19(16(15)2)22(17(3)23)13-12-21-20(24)14-25-18-9-5-4-6-10-18/h4-11H,12-14H2,1-3H3,(H,21,24). The van der Waals surface area contributed by atoms with Crippen LogP contribution in [0.15, 0.2) is 48.5 Å². The summed E-state index contributed by atoms with van der Waals surface area (Å²) < 4.78 is 5.40. The molecule has 2 aromatic carbocycles. The molecule has 0 bridgehead atoms. The number of amides is 2. The van der Waals surface area contributed by atoms with E-state index in [-0.39, 0.29) is 18.4 Å².